The summed E-state index contributed by atoms with van der Waals surface area (Å²) in [5.41, 5.74) is 1.92. The molecule has 0 aliphatic carbocycles. The summed E-state index contributed by atoms with van der Waals surface area (Å²) in [6, 6.07) is 9.69. The number of nitrogens with one attached hydrogen (secondary N) is 1. The van der Waals surface area contributed by atoms with Crippen LogP contribution in [0.15, 0.2) is 42.5 Å². The second kappa shape index (κ2) is 7.71. The van der Waals surface area contributed by atoms with Crippen molar-refractivity contribution < 1.29 is 22.7 Å². The minimum Gasteiger partial charge on any atom is -0.497 e. The first-order valence-corrected chi connectivity index (χ1v) is 10.0. The van der Waals surface area contributed by atoms with Gasteiger partial charge in [0, 0.05) is 23.1 Å². The average molecular weight is 457 g/mol. The van der Waals surface area contributed by atoms with Gasteiger partial charge in [0.1, 0.15) is 5.75 Å². The number of benzene rings is 2. The third-order valence-electron chi connectivity index (χ3n) is 5.33. The second-order valence-electron chi connectivity index (χ2n) is 7.04. The van der Waals surface area contributed by atoms with Gasteiger partial charge in [-0.05, 0) is 47.9 Å². The van der Waals surface area contributed by atoms with E-state index >= 15 is 0 Å². The number of carbonyl (C=O) groups is 1. The third kappa shape index (κ3) is 3.61. The van der Waals surface area contributed by atoms with Gasteiger partial charge in [0.25, 0.3) is 5.91 Å². The Morgan fingerprint density at radius 1 is 1.23 bits per heavy atom. The molecule has 3 aromatic rings. The molecule has 1 aliphatic rings. The van der Waals surface area contributed by atoms with E-state index in [4.69, 9.17) is 27.9 Å². The molecule has 0 saturated carbocycles. The molecule has 1 aromatic heterocycles. The van der Waals surface area contributed by atoms with Crippen molar-refractivity contribution in [2.24, 2.45) is 0 Å². The first-order valence-electron chi connectivity index (χ1n) is 9.15. The highest BCUT2D eigenvalue weighted by molar-refractivity contribution is 6.53. The van der Waals surface area contributed by atoms with Crippen LogP contribution in [-0.2, 0) is 17.4 Å². The minimum absolute atomic E-state index is 0.271. The number of fused-ring (bicyclic) bond motifs is 3. The summed E-state index contributed by atoms with van der Waals surface area (Å²) in [5.74, 6) is 0.114. The average Bonchev–Trinajstić information content (AvgIpc) is 3.09. The lowest BCUT2D eigenvalue weighted by Crippen LogP contribution is -2.43. The lowest BCUT2D eigenvalue weighted by molar-refractivity contribution is -0.137. The van der Waals surface area contributed by atoms with Crippen molar-refractivity contribution in [2.45, 2.75) is 23.5 Å². The summed E-state index contributed by atoms with van der Waals surface area (Å²) in [7, 11) is 1.56. The monoisotopic (exact) mass is 456 g/mol. The van der Waals surface area contributed by atoms with Crippen molar-refractivity contribution in [2.75, 3.05) is 13.7 Å². The van der Waals surface area contributed by atoms with Gasteiger partial charge in [-0.25, -0.2) is 0 Å². The summed E-state index contributed by atoms with van der Waals surface area (Å²) in [4.78, 5) is 16.1. The number of aromatic nitrogens is 1. The molecule has 0 spiro atoms. The zero-order chi connectivity index (χ0) is 21.6. The number of amides is 1. The Labute approximate surface area is 180 Å². The van der Waals surface area contributed by atoms with Crippen LogP contribution in [0.3, 0.4) is 0 Å². The van der Waals surface area contributed by atoms with Crippen LogP contribution in [0, 0.1) is 0 Å². The molecular weight excluding hydrogens is 440 g/mol. The molecule has 9 heteroatoms. The number of nitrogens with zero attached hydrogens (tertiary/aromatic N) is 1. The Bertz CT molecular complexity index is 1110. The predicted octanol–water partition coefficient (Wildman–Crippen LogP) is 5.47. The number of rotatable bonds is 3. The van der Waals surface area contributed by atoms with E-state index in [2.05, 4.69) is 4.98 Å². The number of aromatic amines is 1. The minimum atomic E-state index is -4.50. The first-order chi connectivity index (χ1) is 14.2. The van der Waals surface area contributed by atoms with Gasteiger partial charge < -0.3 is 14.6 Å². The van der Waals surface area contributed by atoms with Crippen LogP contribution in [-0.4, -0.2) is 34.3 Å². The summed E-state index contributed by atoms with van der Waals surface area (Å²) in [6.45, 7) is 0.271. The van der Waals surface area contributed by atoms with E-state index in [0.717, 1.165) is 28.6 Å². The lowest BCUT2D eigenvalue weighted by atomic mass is 9.91. The van der Waals surface area contributed by atoms with Crippen LogP contribution in [0.25, 0.3) is 10.9 Å². The van der Waals surface area contributed by atoms with Crippen molar-refractivity contribution in [3.8, 4) is 5.75 Å². The number of hydrogen-bond donors (Lipinski definition) is 1. The predicted molar refractivity (Wildman–Crippen MR) is 109 cm³/mol. The molecule has 0 radical (unpaired) electrons. The van der Waals surface area contributed by atoms with Crippen LogP contribution >= 0.6 is 23.2 Å². The number of halogens is 5. The van der Waals surface area contributed by atoms with E-state index in [1.54, 1.807) is 19.2 Å². The maximum absolute atomic E-state index is 13.3. The molecule has 4 rings (SSSR count). The maximum Gasteiger partial charge on any atom is 0.416 e. The van der Waals surface area contributed by atoms with Gasteiger partial charge in [-0.2, -0.15) is 13.2 Å². The molecule has 1 N–H and O–H groups in total. The SMILES string of the molecule is COc1ccc2[nH]c3c(c2c1)CCN(C(=O)C(Cl)Cl)C3c1cccc(C(F)(F)F)c1. The van der Waals surface area contributed by atoms with Crippen molar-refractivity contribution in [1.29, 1.82) is 0 Å². The topological polar surface area (TPSA) is 45.3 Å². The van der Waals surface area contributed by atoms with E-state index in [1.165, 1.54) is 11.0 Å². The highest BCUT2D eigenvalue weighted by Crippen LogP contribution is 2.41. The molecule has 4 nitrogen and oxygen atoms in total. The van der Waals surface area contributed by atoms with Crippen LogP contribution in [0.1, 0.15) is 28.4 Å². The van der Waals surface area contributed by atoms with Crippen molar-refractivity contribution >= 4 is 40.0 Å². The van der Waals surface area contributed by atoms with Gasteiger partial charge in [0.15, 0.2) is 4.84 Å². The number of methoxy groups -OCH3 is 1. The van der Waals surface area contributed by atoms with E-state index in [0.29, 0.717) is 23.4 Å². The quantitative estimate of drug-likeness (QED) is 0.530. The fraction of sp³-hybridized carbons (Fsp3) is 0.286. The van der Waals surface area contributed by atoms with Gasteiger partial charge in [-0.3, -0.25) is 4.79 Å². The molecule has 1 aliphatic heterocycles. The van der Waals surface area contributed by atoms with E-state index in [9.17, 15) is 18.0 Å². The summed E-state index contributed by atoms with van der Waals surface area (Å²) in [6.07, 6.45) is -4.00. The number of carbonyl (C=O) groups excluding carboxylic acids is 1. The van der Waals surface area contributed by atoms with Crippen LogP contribution in [0.4, 0.5) is 13.2 Å². The standard InChI is InChI=1S/C21H17Cl2F3N2O2/c1-30-13-5-6-16-15(10-13)14-7-8-28(20(29)19(22)23)18(17(14)27-16)11-3-2-4-12(9-11)21(24,25)26/h2-6,9-10,18-19,27H,7-8H2,1H3. The third-order valence-corrected chi connectivity index (χ3v) is 5.71. The molecule has 1 unspecified atom stereocenters. The Balaban J connectivity index is 1.91. The van der Waals surface area contributed by atoms with E-state index in [1.807, 2.05) is 12.1 Å². The molecule has 1 atom stereocenters. The van der Waals surface area contributed by atoms with E-state index in [-0.39, 0.29) is 6.54 Å². The Hall–Kier alpha value is -2.38. The molecule has 30 heavy (non-hydrogen) atoms. The molecule has 158 valence electrons. The van der Waals surface area contributed by atoms with Gasteiger partial charge in [-0.15, -0.1) is 0 Å². The first kappa shape index (κ1) is 20.9. The molecule has 0 saturated heterocycles. The molecular formula is C21H17Cl2F3N2O2. The lowest BCUT2D eigenvalue weighted by Gasteiger charge is -2.36. The Morgan fingerprint density at radius 2 is 2.00 bits per heavy atom. The van der Waals surface area contributed by atoms with E-state index < -0.39 is 28.5 Å². The second-order valence-corrected chi connectivity index (χ2v) is 8.13. The zero-order valence-corrected chi connectivity index (χ0v) is 17.3. The molecule has 1 amide bonds. The number of hydrogen-bond acceptors (Lipinski definition) is 2. The fourth-order valence-electron chi connectivity index (χ4n) is 3.99. The van der Waals surface area contributed by atoms with Crippen LogP contribution < -0.4 is 4.74 Å². The fourth-order valence-corrected chi connectivity index (χ4v) is 4.24. The largest absolute Gasteiger partial charge is 0.497 e. The number of alkyl halides is 5. The highest BCUT2D eigenvalue weighted by Gasteiger charge is 2.38. The van der Waals surface area contributed by atoms with Gasteiger partial charge >= 0.3 is 6.18 Å². The van der Waals surface area contributed by atoms with Gasteiger partial charge in [-0.1, -0.05) is 35.3 Å². The maximum atomic E-state index is 13.3. The highest BCUT2D eigenvalue weighted by atomic mass is 35.5. The summed E-state index contributed by atoms with van der Waals surface area (Å²) >= 11 is 11.7. The zero-order valence-electron chi connectivity index (χ0n) is 15.8. The molecule has 0 bridgehead atoms. The smallest absolute Gasteiger partial charge is 0.416 e. The normalized spacial score (nSPS) is 16.8. The summed E-state index contributed by atoms with van der Waals surface area (Å²) < 4.78 is 45.3. The Kier molecular flexibility index (Phi) is 5.36. The van der Waals surface area contributed by atoms with Crippen molar-refractivity contribution in [1.82, 2.24) is 9.88 Å². The Morgan fingerprint density at radius 3 is 2.67 bits per heavy atom. The number of H-pyrrole nitrogens is 1. The van der Waals surface area contributed by atoms with Crippen LogP contribution in [0.5, 0.6) is 5.75 Å². The van der Waals surface area contributed by atoms with Gasteiger partial charge in [0.05, 0.1) is 18.7 Å². The van der Waals surface area contributed by atoms with Gasteiger partial charge in [0.2, 0.25) is 0 Å². The van der Waals surface area contributed by atoms with Crippen molar-refractivity contribution in [3.63, 3.8) is 0 Å². The number of ether oxygens (including phenoxy) is 1. The van der Waals surface area contributed by atoms with Crippen molar-refractivity contribution in [3.05, 3.63) is 64.8 Å². The molecule has 0 fully saturated rings. The molecule has 2 heterocycles. The summed E-state index contributed by atoms with van der Waals surface area (Å²) in [5, 5.41) is 0.904. The molecule has 2 aromatic carbocycles. The van der Waals surface area contributed by atoms with Crippen LogP contribution in [0.2, 0.25) is 0 Å².